The molecular formula is C19H23NO6. The van der Waals surface area contributed by atoms with Crippen molar-refractivity contribution in [3.05, 3.63) is 23.8 Å². The molecular weight excluding hydrogens is 338 g/mol. The first-order valence-corrected chi connectivity index (χ1v) is 9.13. The number of carbonyl (C=O) groups is 2. The van der Waals surface area contributed by atoms with Gasteiger partial charge in [0.05, 0.1) is 37.7 Å². The third-order valence-electron chi connectivity index (χ3n) is 5.34. The number of imide groups is 1. The van der Waals surface area contributed by atoms with Gasteiger partial charge in [0, 0.05) is 0 Å². The summed E-state index contributed by atoms with van der Waals surface area (Å²) in [7, 11) is 0. The van der Waals surface area contributed by atoms with Crippen LogP contribution in [0, 0.1) is 11.8 Å². The molecule has 0 unspecified atom stereocenters. The third-order valence-corrected chi connectivity index (χ3v) is 5.34. The Bertz CT molecular complexity index is 681. The summed E-state index contributed by atoms with van der Waals surface area (Å²) in [5, 5.41) is 10.2. The molecule has 1 aromatic carbocycles. The van der Waals surface area contributed by atoms with Crippen molar-refractivity contribution >= 4 is 11.8 Å². The predicted octanol–water partition coefficient (Wildman–Crippen LogP) is 1.47. The van der Waals surface area contributed by atoms with Crippen molar-refractivity contribution in [2.75, 3.05) is 19.9 Å². The van der Waals surface area contributed by atoms with Crippen LogP contribution in [0.25, 0.3) is 0 Å². The van der Waals surface area contributed by atoms with Crippen LogP contribution in [0.4, 0.5) is 0 Å². The highest BCUT2D eigenvalue weighted by Gasteiger charge is 2.48. The molecule has 0 spiro atoms. The Morgan fingerprint density at radius 1 is 1.12 bits per heavy atom. The quantitative estimate of drug-likeness (QED) is 0.773. The van der Waals surface area contributed by atoms with Crippen LogP contribution in [0.3, 0.4) is 0 Å². The van der Waals surface area contributed by atoms with Gasteiger partial charge in [-0.1, -0.05) is 18.9 Å². The van der Waals surface area contributed by atoms with E-state index in [0.717, 1.165) is 31.2 Å². The summed E-state index contributed by atoms with van der Waals surface area (Å²) in [6.07, 6.45) is 2.66. The van der Waals surface area contributed by atoms with E-state index < -0.39 is 6.10 Å². The molecule has 7 nitrogen and oxygen atoms in total. The second kappa shape index (κ2) is 7.25. The number of amides is 2. The summed E-state index contributed by atoms with van der Waals surface area (Å²) >= 11 is 0. The topological polar surface area (TPSA) is 85.3 Å². The highest BCUT2D eigenvalue weighted by molar-refractivity contribution is 6.05. The average molecular weight is 361 g/mol. The fourth-order valence-electron chi connectivity index (χ4n) is 4.02. The summed E-state index contributed by atoms with van der Waals surface area (Å²) < 4.78 is 16.1. The zero-order valence-electron chi connectivity index (χ0n) is 14.6. The normalized spacial score (nSPS) is 25.5. The summed E-state index contributed by atoms with van der Waals surface area (Å²) in [4.78, 5) is 26.1. The van der Waals surface area contributed by atoms with E-state index in [2.05, 4.69) is 0 Å². The minimum atomic E-state index is -0.892. The highest BCUT2D eigenvalue weighted by Crippen LogP contribution is 2.38. The largest absolute Gasteiger partial charge is 0.454 e. The summed E-state index contributed by atoms with van der Waals surface area (Å²) in [6.45, 7) is 0.589. The van der Waals surface area contributed by atoms with Gasteiger partial charge in [-0.05, 0) is 30.5 Å². The monoisotopic (exact) mass is 361 g/mol. The maximum Gasteiger partial charge on any atom is 0.233 e. The molecule has 1 aliphatic carbocycles. The van der Waals surface area contributed by atoms with Crippen LogP contribution in [0.1, 0.15) is 31.2 Å². The summed E-state index contributed by atoms with van der Waals surface area (Å²) in [5.74, 6) is 0.767. The fourth-order valence-corrected chi connectivity index (χ4v) is 4.02. The Morgan fingerprint density at radius 3 is 2.54 bits per heavy atom. The van der Waals surface area contributed by atoms with Crippen LogP contribution in [-0.4, -0.2) is 47.9 Å². The van der Waals surface area contributed by atoms with Crippen molar-refractivity contribution < 1.29 is 28.9 Å². The number of likely N-dealkylation sites (tertiary alicyclic amines) is 1. The van der Waals surface area contributed by atoms with Crippen molar-refractivity contribution in [3.63, 3.8) is 0 Å². The molecule has 1 saturated carbocycles. The maximum atomic E-state index is 12.4. The molecule has 0 aromatic heterocycles. The molecule has 3 atom stereocenters. The number of aliphatic hydroxyl groups is 1. The zero-order valence-corrected chi connectivity index (χ0v) is 14.6. The van der Waals surface area contributed by atoms with Gasteiger partial charge in [-0.3, -0.25) is 14.5 Å². The van der Waals surface area contributed by atoms with E-state index in [9.17, 15) is 14.7 Å². The van der Waals surface area contributed by atoms with Crippen LogP contribution in [-0.2, 0) is 20.9 Å². The molecule has 26 heavy (non-hydrogen) atoms. The standard InChI is InChI=1S/C19H23NO6/c21-13(8-20-18(22)14-3-1-2-4-15(14)19(20)23)10-24-9-12-5-6-16-17(7-12)26-11-25-16/h5-7,13-15,21H,1-4,8-11H2/t13-,14-,15-/m1/s1. The van der Waals surface area contributed by atoms with Crippen LogP contribution < -0.4 is 9.47 Å². The lowest BCUT2D eigenvalue weighted by Crippen LogP contribution is -2.39. The van der Waals surface area contributed by atoms with E-state index in [0.29, 0.717) is 18.1 Å². The Hall–Kier alpha value is -2.12. The highest BCUT2D eigenvalue weighted by atomic mass is 16.7. The molecule has 0 radical (unpaired) electrons. The first-order chi connectivity index (χ1) is 12.6. The Labute approximate surface area is 151 Å². The second-order valence-electron chi connectivity index (χ2n) is 7.14. The number of carbonyl (C=O) groups excluding carboxylic acids is 2. The van der Waals surface area contributed by atoms with Gasteiger partial charge in [-0.2, -0.15) is 0 Å². The lowest BCUT2D eigenvalue weighted by Gasteiger charge is -2.19. The zero-order chi connectivity index (χ0) is 18.1. The SMILES string of the molecule is O=C1[C@@H]2CCCC[C@H]2C(=O)N1C[C@@H](O)COCc1ccc2c(c1)OCO2. The van der Waals surface area contributed by atoms with Gasteiger partial charge in [0.15, 0.2) is 11.5 Å². The van der Waals surface area contributed by atoms with E-state index in [4.69, 9.17) is 14.2 Å². The second-order valence-corrected chi connectivity index (χ2v) is 7.14. The molecule has 0 bridgehead atoms. The number of benzene rings is 1. The van der Waals surface area contributed by atoms with E-state index in [1.54, 1.807) is 0 Å². The smallest absolute Gasteiger partial charge is 0.233 e. The van der Waals surface area contributed by atoms with Gasteiger partial charge in [-0.15, -0.1) is 0 Å². The molecule has 1 N–H and O–H groups in total. The molecule has 2 aliphatic heterocycles. The molecule has 2 fully saturated rings. The first-order valence-electron chi connectivity index (χ1n) is 9.13. The van der Waals surface area contributed by atoms with Gasteiger partial charge in [0.1, 0.15) is 0 Å². The van der Waals surface area contributed by atoms with E-state index in [1.165, 1.54) is 4.90 Å². The minimum Gasteiger partial charge on any atom is -0.454 e. The number of β-amino-alcohol motifs (C(OH)–C–C–N with tert-alkyl or cyclic N) is 1. The van der Waals surface area contributed by atoms with Crippen molar-refractivity contribution in [2.45, 2.75) is 38.4 Å². The van der Waals surface area contributed by atoms with Crippen LogP contribution in [0.15, 0.2) is 18.2 Å². The molecule has 7 heteroatoms. The van der Waals surface area contributed by atoms with E-state index >= 15 is 0 Å². The van der Waals surface area contributed by atoms with Crippen molar-refractivity contribution in [1.29, 1.82) is 0 Å². The molecule has 1 aromatic rings. The van der Waals surface area contributed by atoms with Gasteiger partial charge >= 0.3 is 0 Å². The Morgan fingerprint density at radius 2 is 1.81 bits per heavy atom. The lowest BCUT2D eigenvalue weighted by molar-refractivity contribution is -0.142. The van der Waals surface area contributed by atoms with E-state index in [1.807, 2.05) is 18.2 Å². The first kappa shape index (κ1) is 17.3. The number of hydrogen-bond acceptors (Lipinski definition) is 6. The van der Waals surface area contributed by atoms with Crippen LogP contribution >= 0.6 is 0 Å². The fraction of sp³-hybridized carbons (Fsp3) is 0.579. The van der Waals surface area contributed by atoms with Crippen molar-refractivity contribution in [3.8, 4) is 11.5 Å². The van der Waals surface area contributed by atoms with Crippen LogP contribution in [0.5, 0.6) is 11.5 Å². The predicted molar refractivity (Wildman–Crippen MR) is 90.4 cm³/mol. The van der Waals surface area contributed by atoms with Crippen molar-refractivity contribution in [1.82, 2.24) is 4.90 Å². The molecule has 3 aliphatic rings. The van der Waals surface area contributed by atoms with Crippen LogP contribution in [0.2, 0.25) is 0 Å². The van der Waals surface area contributed by atoms with Gasteiger partial charge < -0.3 is 19.3 Å². The number of fused-ring (bicyclic) bond motifs is 2. The molecule has 1 saturated heterocycles. The number of rotatable bonds is 6. The summed E-state index contributed by atoms with van der Waals surface area (Å²) in [5.41, 5.74) is 0.904. The maximum absolute atomic E-state index is 12.4. The molecule has 2 amide bonds. The summed E-state index contributed by atoms with van der Waals surface area (Å²) in [6, 6.07) is 5.53. The van der Waals surface area contributed by atoms with Crippen molar-refractivity contribution in [2.24, 2.45) is 11.8 Å². The Kier molecular flexibility index (Phi) is 4.82. The van der Waals surface area contributed by atoms with Gasteiger partial charge in [-0.25, -0.2) is 0 Å². The Balaban J connectivity index is 1.27. The number of hydrogen-bond donors (Lipinski definition) is 1. The molecule has 4 rings (SSSR count). The molecule has 2 heterocycles. The lowest BCUT2D eigenvalue weighted by atomic mass is 9.81. The number of ether oxygens (including phenoxy) is 3. The molecule has 140 valence electrons. The van der Waals surface area contributed by atoms with Gasteiger partial charge in [0.2, 0.25) is 18.6 Å². The average Bonchev–Trinajstić information content (AvgIpc) is 3.21. The number of nitrogens with zero attached hydrogens (tertiary/aromatic N) is 1. The van der Waals surface area contributed by atoms with E-state index in [-0.39, 0.29) is 43.6 Å². The minimum absolute atomic E-state index is 0.00576. The number of aliphatic hydroxyl groups excluding tert-OH is 1. The van der Waals surface area contributed by atoms with Gasteiger partial charge in [0.25, 0.3) is 0 Å². The third kappa shape index (κ3) is 3.29.